The second kappa shape index (κ2) is 10.6. The third-order valence-corrected chi connectivity index (χ3v) is 5.27. The molecule has 1 aromatic heterocycles. The lowest BCUT2D eigenvalue weighted by molar-refractivity contribution is 0.0773. The van der Waals surface area contributed by atoms with Gasteiger partial charge in [0.05, 0.1) is 0 Å². The molecular weight excluding hydrogens is 402 g/mol. The molecule has 0 radical (unpaired) electrons. The second-order valence-corrected chi connectivity index (χ2v) is 7.60. The molecule has 0 aliphatic heterocycles. The van der Waals surface area contributed by atoms with E-state index in [-0.39, 0.29) is 11.8 Å². The maximum absolute atomic E-state index is 12.8. The van der Waals surface area contributed by atoms with Crippen molar-refractivity contribution in [2.24, 2.45) is 0 Å². The van der Waals surface area contributed by atoms with Gasteiger partial charge in [0, 0.05) is 47.9 Å². The van der Waals surface area contributed by atoms with Gasteiger partial charge in [-0.1, -0.05) is 6.07 Å². The molecule has 6 nitrogen and oxygen atoms in total. The fourth-order valence-corrected chi connectivity index (χ4v) is 3.54. The van der Waals surface area contributed by atoms with Crippen molar-refractivity contribution >= 4 is 17.5 Å². The fraction of sp³-hybridized carbons (Fsp3) is 0.269. The average Bonchev–Trinajstić information content (AvgIpc) is 2.80. The maximum atomic E-state index is 12.8. The van der Waals surface area contributed by atoms with Gasteiger partial charge in [-0.3, -0.25) is 14.6 Å². The highest BCUT2D eigenvalue weighted by molar-refractivity contribution is 6.05. The Morgan fingerprint density at radius 2 is 1.62 bits per heavy atom. The van der Waals surface area contributed by atoms with Gasteiger partial charge in [0.15, 0.2) is 0 Å². The number of carbonyl (C=O) groups is 2. The normalized spacial score (nSPS) is 10.5. The van der Waals surface area contributed by atoms with Gasteiger partial charge in [-0.05, 0) is 81.3 Å². The van der Waals surface area contributed by atoms with Crippen LogP contribution < -0.4 is 10.1 Å². The lowest BCUT2D eigenvalue weighted by Crippen LogP contribution is -2.30. The summed E-state index contributed by atoms with van der Waals surface area (Å²) >= 11 is 0. The minimum atomic E-state index is -0.210. The summed E-state index contributed by atoms with van der Waals surface area (Å²) in [4.78, 5) is 31.1. The maximum Gasteiger partial charge on any atom is 0.255 e. The van der Waals surface area contributed by atoms with Gasteiger partial charge in [0.25, 0.3) is 11.8 Å². The summed E-state index contributed by atoms with van der Waals surface area (Å²) < 4.78 is 5.97. The predicted molar refractivity (Wildman–Crippen MR) is 126 cm³/mol. The van der Waals surface area contributed by atoms with E-state index in [1.807, 2.05) is 52.0 Å². The van der Waals surface area contributed by atoms with Gasteiger partial charge in [0.1, 0.15) is 12.4 Å². The number of nitrogens with one attached hydrogen (secondary N) is 1. The molecule has 2 aromatic carbocycles. The predicted octanol–water partition coefficient (Wildman–Crippen LogP) is 5.01. The number of ether oxygens (including phenoxy) is 1. The van der Waals surface area contributed by atoms with Crippen molar-refractivity contribution in [1.82, 2.24) is 9.88 Å². The van der Waals surface area contributed by atoms with Crippen LogP contribution in [0.3, 0.4) is 0 Å². The van der Waals surface area contributed by atoms with Crippen LogP contribution in [0.1, 0.15) is 51.3 Å². The smallest absolute Gasteiger partial charge is 0.255 e. The third-order valence-electron chi connectivity index (χ3n) is 5.27. The van der Waals surface area contributed by atoms with Gasteiger partial charge in [-0.15, -0.1) is 0 Å². The van der Waals surface area contributed by atoms with Crippen molar-refractivity contribution in [3.8, 4) is 5.75 Å². The Hall–Kier alpha value is -3.67. The molecule has 0 aliphatic carbocycles. The molecule has 0 atom stereocenters. The van der Waals surface area contributed by atoms with E-state index in [2.05, 4.69) is 10.3 Å². The van der Waals surface area contributed by atoms with Crippen molar-refractivity contribution in [1.29, 1.82) is 0 Å². The highest BCUT2D eigenvalue weighted by Gasteiger charge is 2.14. The largest absolute Gasteiger partial charge is 0.488 e. The van der Waals surface area contributed by atoms with Crippen LogP contribution in [-0.4, -0.2) is 34.8 Å². The van der Waals surface area contributed by atoms with E-state index in [0.29, 0.717) is 36.5 Å². The summed E-state index contributed by atoms with van der Waals surface area (Å²) in [5, 5.41) is 2.90. The topological polar surface area (TPSA) is 71.5 Å². The molecule has 32 heavy (non-hydrogen) atoms. The van der Waals surface area contributed by atoms with Crippen molar-refractivity contribution in [2.75, 3.05) is 18.4 Å². The highest BCUT2D eigenvalue weighted by Crippen LogP contribution is 2.26. The first-order valence-corrected chi connectivity index (χ1v) is 10.8. The number of hydrogen-bond acceptors (Lipinski definition) is 4. The number of amides is 2. The first-order chi connectivity index (χ1) is 15.4. The van der Waals surface area contributed by atoms with Crippen LogP contribution >= 0.6 is 0 Å². The molecule has 0 spiro atoms. The van der Waals surface area contributed by atoms with Crippen LogP contribution in [0.25, 0.3) is 0 Å². The number of nitrogens with zero attached hydrogens (tertiary/aromatic N) is 2. The van der Waals surface area contributed by atoms with Gasteiger partial charge in [0.2, 0.25) is 0 Å². The van der Waals surface area contributed by atoms with E-state index >= 15 is 0 Å². The van der Waals surface area contributed by atoms with Crippen LogP contribution in [0, 0.1) is 13.8 Å². The molecule has 0 saturated heterocycles. The number of pyridine rings is 1. The van der Waals surface area contributed by atoms with Gasteiger partial charge < -0.3 is 15.0 Å². The Bertz CT molecular complexity index is 1050. The number of hydrogen-bond donors (Lipinski definition) is 1. The van der Waals surface area contributed by atoms with Crippen molar-refractivity contribution < 1.29 is 14.3 Å². The van der Waals surface area contributed by atoms with E-state index in [1.165, 1.54) is 0 Å². The number of aryl methyl sites for hydroxylation is 2. The fourth-order valence-electron chi connectivity index (χ4n) is 3.54. The summed E-state index contributed by atoms with van der Waals surface area (Å²) in [6, 6.07) is 14.4. The van der Waals surface area contributed by atoms with Gasteiger partial charge in [-0.2, -0.15) is 0 Å². The molecule has 0 aliphatic rings. The summed E-state index contributed by atoms with van der Waals surface area (Å²) in [6.07, 6.45) is 3.50. The Morgan fingerprint density at radius 3 is 2.19 bits per heavy atom. The minimum Gasteiger partial charge on any atom is -0.488 e. The minimum absolute atomic E-state index is 0.0130. The average molecular weight is 432 g/mol. The molecule has 6 heteroatoms. The molecule has 0 unspecified atom stereocenters. The van der Waals surface area contributed by atoms with Crippen LogP contribution in [-0.2, 0) is 6.61 Å². The lowest BCUT2D eigenvalue weighted by Gasteiger charge is -2.18. The van der Waals surface area contributed by atoms with E-state index in [9.17, 15) is 9.59 Å². The number of rotatable bonds is 8. The van der Waals surface area contributed by atoms with E-state index in [4.69, 9.17) is 4.74 Å². The van der Waals surface area contributed by atoms with Gasteiger partial charge in [-0.25, -0.2) is 0 Å². The molecule has 3 aromatic rings. The zero-order chi connectivity index (χ0) is 23.1. The Kier molecular flexibility index (Phi) is 7.60. The zero-order valence-corrected chi connectivity index (χ0v) is 19.0. The van der Waals surface area contributed by atoms with E-state index in [1.54, 1.807) is 41.6 Å². The Balaban J connectivity index is 1.68. The second-order valence-electron chi connectivity index (χ2n) is 7.60. The zero-order valence-electron chi connectivity index (χ0n) is 19.0. The number of benzene rings is 2. The van der Waals surface area contributed by atoms with E-state index in [0.717, 1.165) is 22.4 Å². The molecule has 2 amide bonds. The molecule has 0 fully saturated rings. The van der Waals surface area contributed by atoms with Crippen LogP contribution in [0.15, 0.2) is 60.9 Å². The lowest BCUT2D eigenvalue weighted by atomic mass is 10.0. The van der Waals surface area contributed by atoms with Crippen LogP contribution in [0.2, 0.25) is 0 Å². The number of aromatic nitrogens is 1. The first-order valence-electron chi connectivity index (χ1n) is 10.8. The third kappa shape index (κ3) is 5.52. The summed E-state index contributed by atoms with van der Waals surface area (Å²) in [6.45, 7) is 9.50. The molecule has 0 bridgehead atoms. The monoisotopic (exact) mass is 431 g/mol. The Morgan fingerprint density at radius 1 is 0.969 bits per heavy atom. The molecule has 1 N–H and O–H groups in total. The van der Waals surface area contributed by atoms with Crippen molar-refractivity contribution in [2.45, 2.75) is 34.3 Å². The SMILES string of the molecule is CCN(CC)C(=O)c1ccc(NC(=O)c2cc(C)c(OCc3cccnc3)c(C)c2)cc1. The number of carbonyl (C=O) groups excluding carboxylic acids is 2. The quantitative estimate of drug-likeness (QED) is 0.544. The number of anilines is 1. The standard InChI is InChI=1S/C26H29N3O3/c1-5-29(6-2)26(31)21-9-11-23(12-10-21)28-25(30)22-14-18(3)24(19(4)15-22)32-17-20-8-7-13-27-16-20/h7-16H,5-6,17H2,1-4H3,(H,28,30). The molecular formula is C26H29N3O3. The molecule has 1 heterocycles. The molecule has 0 saturated carbocycles. The summed E-state index contributed by atoms with van der Waals surface area (Å²) in [5.41, 5.74) is 4.55. The van der Waals surface area contributed by atoms with Gasteiger partial charge >= 0.3 is 0 Å². The summed E-state index contributed by atoms with van der Waals surface area (Å²) in [7, 11) is 0. The van der Waals surface area contributed by atoms with Crippen molar-refractivity contribution in [3.63, 3.8) is 0 Å². The van der Waals surface area contributed by atoms with E-state index < -0.39 is 0 Å². The van der Waals surface area contributed by atoms with Crippen LogP contribution in [0.4, 0.5) is 5.69 Å². The summed E-state index contributed by atoms with van der Waals surface area (Å²) in [5.74, 6) is 0.545. The highest BCUT2D eigenvalue weighted by atomic mass is 16.5. The molecule has 3 rings (SSSR count). The first kappa shape index (κ1) is 23.0. The Labute approximate surface area is 189 Å². The van der Waals surface area contributed by atoms with Crippen molar-refractivity contribution in [3.05, 3.63) is 88.7 Å². The van der Waals surface area contributed by atoms with Crippen LogP contribution in [0.5, 0.6) is 5.75 Å². The molecule has 166 valence electrons.